The molecule has 3 rings (SSSR count). The van der Waals surface area contributed by atoms with E-state index in [-0.39, 0.29) is 0 Å². The van der Waals surface area contributed by atoms with Gasteiger partial charge in [0.1, 0.15) is 5.71 Å². The van der Waals surface area contributed by atoms with Crippen molar-refractivity contribution in [3.8, 4) is 6.07 Å². The van der Waals surface area contributed by atoms with Crippen LogP contribution in [0.25, 0.3) is 5.57 Å². The Morgan fingerprint density at radius 2 is 2.26 bits per heavy atom. The van der Waals surface area contributed by atoms with Gasteiger partial charge in [-0.05, 0) is 35.2 Å². The Hall–Kier alpha value is -2.45. The summed E-state index contributed by atoms with van der Waals surface area (Å²) in [7, 11) is 0. The van der Waals surface area contributed by atoms with Gasteiger partial charge in [0.25, 0.3) is 5.91 Å². The third-order valence-corrected chi connectivity index (χ3v) is 3.71. The molecule has 4 nitrogen and oxygen atoms in total. The summed E-state index contributed by atoms with van der Waals surface area (Å²) in [4.78, 5) is 16.8. The largest absolute Gasteiger partial charge is 0.463 e. The number of furan rings is 1. The number of dihydropyridines is 1. The van der Waals surface area contributed by atoms with Gasteiger partial charge in [0.15, 0.2) is 11.7 Å². The van der Waals surface area contributed by atoms with Crippen LogP contribution in [0.4, 0.5) is 0 Å². The van der Waals surface area contributed by atoms with Crippen LogP contribution in [0, 0.1) is 17.2 Å². The second-order valence-corrected chi connectivity index (χ2v) is 4.90. The van der Waals surface area contributed by atoms with Gasteiger partial charge in [0.05, 0.1) is 12.3 Å². The second kappa shape index (κ2) is 4.67. The molecule has 0 aromatic carbocycles. The van der Waals surface area contributed by atoms with Crippen molar-refractivity contribution < 1.29 is 9.21 Å². The first-order chi connectivity index (χ1) is 9.29. The van der Waals surface area contributed by atoms with E-state index in [1.165, 1.54) is 17.6 Å². The summed E-state index contributed by atoms with van der Waals surface area (Å²) in [6.07, 6.45) is 3.28. The molecule has 1 aliphatic heterocycles. The molecule has 1 amide bonds. The van der Waals surface area contributed by atoms with Gasteiger partial charge in [-0.25, -0.2) is 4.99 Å². The zero-order valence-electron chi connectivity index (χ0n) is 9.74. The number of aliphatic imine (C=N–C) groups is 1. The van der Waals surface area contributed by atoms with Gasteiger partial charge in [0, 0.05) is 4.88 Å². The van der Waals surface area contributed by atoms with Gasteiger partial charge in [0.2, 0.25) is 0 Å². The first-order valence-electron chi connectivity index (χ1n) is 5.61. The highest BCUT2D eigenvalue weighted by Crippen LogP contribution is 2.31. The minimum atomic E-state index is -0.836. The lowest BCUT2D eigenvalue weighted by Gasteiger charge is -2.14. The summed E-state index contributed by atoms with van der Waals surface area (Å²) in [5.41, 5.74) is 1.15. The predicted molar refractivity (Wildman–Crippen MR) is 71.7 cm³/mol. The predicted octanol–water partition coefficient (Wildman–Crippen LogP) is 2.89. The molecule has 92 valence electrons. The van der Waals surface area contributed by atoms with E-state index in [9.17, 15) is 4.79 Å². The number of rotatable bonds is 2. The number of thiophene rings is 1. The highest BCUT2D eigenvalue weighted by Gasteiger charge is 2.29. The van der Waals surface area contributed by atoms with Crippen LogP contribution in [0.5, 0.6) is 0 Å². The fourth-order valence-electron chi connectivity index (χ4n) is 1.91. The number of amides is 1. The molecule has 2 aromatic heterocycles. The first kappa shape index (κ1) is 11.6. The molecule has 1 aliphatic rings. The Labute approximate surface area is 113 Å². The monoisotopic (exact) mass is 268 g/mol. The van der Waals surface area contributed by atoms with Gasteiger partial charge in [-0.3, -0.25) is 4.79 Å². The standard InChI is InChI=1S/C14H8N2O2S/c15-8-10-9(13-4-2-6-19-13)7-11(16-14(10)17)12-3-1-5-18-12/h1-7,10H. The Bertz CT molecular complexity index is 703. The van der Waals surface area contributed by atoms with Crippen molar-refractivity contribution in [2.45, 2.75) is 0 Å². The second-order valence-electron chi connectivity index (χ2n) is 3.95. The van der Waals surface area contributed by atoms with E-state index in [0.29, 0.717) is 17.0 Å². The van der Waals surface area contributed by atoms with Crippen LogP contribution in [-0.2, 0) is 4.79 Å². The average molecular weight is 268 g/mol. The number of allylic oxidation sites excluding steroid dienone is 1. The van der Waals surface area contributed by atoms with Crippen LogP contribution in [0.15, 0.2) is 51.4 Å². The molecule has 1 unspecified atom stereocenters. The van der Waals surface area contributed by atoms with Crippen LogP contribution < -0.4 is 0 Å². The van der Waals surface area contributed by atoms with Crippen molar-refractivity contribution in [1.29, 1.82) is 5.26 Å². The van der Waals surface area contributed by atoms with E-state index in [0.717, 1.165) is 4.88 Å². The van der Waals surface area contributed by atoms with Crippen LogP contribution in [0.2, 0.25) is 0 Å². The highest BCUT2D eigenvalue weighted by molar-refractivity contribution is 7.11. The van der Waals surface area contributed by atoms with E-state index < -0.39 is 11.8 Å². The van der Waals surface area contributed by atoms with E-state index in [1.54, 1.807) is 18.2 Å². The molecule has 19 heavy (non-hydrogen) atoms. The van der Waals surface area contributed by atoms with Crippen molar-refractivity contribution in [2.75, 3.05) is 0 Å². The fraction of sp³-hybridized carbons (Fsp3) is 0.0714. The molecule has 5 heteroatoms. The van der Waals surface area contributed by atoms with E-state index in [4.69, 9.17) is 9.68 Å². The van der Waals surface area contributed by atoms with E-state index in [2.05, 4.69) is 4.99 Å². The summed E-state index contributed by atoms with van der Waals surface area (Å²) in [5, 5.41) is 11.1. The van der Waals surface area contributed by atoms with Gasteiger partial charge < -0.3 is 4.42 Å². The Morgan fingerprint density at radius 3 is 2.89 bits per heavy atom. The summed E-state index contributed by atoms with van der Waals surface area (Å²) in [6, 6.07) is 9.26. The maximum absolute atomic E-state index is 11.9. The lowest BCUT2D eigenvalue weighted by molar-refractivity contribution is -0.118. The third kappa shape index (κ3) is 2.02. The van der Waals surface area contributed by atoms with Crippen LogP contribution in [-0.4, -0.2) is 11.6 Å². The fourth-order valence-corrected chi connectivity index (χ4v) is 2.68. The van der Waals surface area contributed by atoms with E-state index in [1.807, 2.05) is 23.6 Å². The lowest BCUT2D eigenvalue weighted by atomic mass is 9.94. The number of nitrogens with zero attached hydrogens (tertiary/aromatic N) is 2. The Morgan fingerprint density at radius 1 is 1.37 bits per heavy atom. The molecule has 0 saturated carbocycles. The van der Waals surface area contributed by atoms with Crippen molar-refractivity contribution in [1.82, 2.24) is 0 Å². The normalized spacial score (nSPS) is 18.7. The zero-order valence-corrected chi connectivity index (χ0v) is 10.6. The SMILES string of the molecule is N#CC1C(=O)N=C(c2ccco2)C=C1c1cccs1. The molecule has 3 heterocycles. The molecular formula is C14H8N2O2S. The summed E-state index contributed by atoms with van der Waals surface area (Å²) >= 11 is 1.49. The van der Waals surface area contributed by atoms with Crippen molar-refractivity contribution in [3.63, 3.8) is 0 Å². The zero-order chi connectivity index (χ0) is 13.2. The van der Waals surface area contributed by atoms with E-state index >= 15 is 0 Å². The Balaban J connectivity index is 2.11. The number of nitriles is 1. The maximum Gasteiger partial charge on any atom is 0.268 e. The molecule has 1 atom stereocenters. The number of carbonyl (C=O) groups excluding carboxylic acids is 1. The maximum atomic E-state index is 11.9. The molecule has 0 fully saturated rings. The molecule has 0 N–H and O–H groups in total. The molecular weight excluding hydrogens is 260 g/mol. The van der Waals surface area contributed by atoms with Crippen molar-refractivity contribution in [3.05, 3.63) is 52.6 Å². The van der Waals surface area contributed by atoms with Gasteiger partial charge in [-0.15, -0.1) is 11.3 Å². The van der Waals surface area contributed by atoms with Gasteiger partial charge in [-0.2, -0.15) is 5.26 Å². The van der Waals surface area contributed by atoms with Gasteiger partial charge >= 0.3 is 0 Å². The number of hydrogen-bond donors (Lipinski definition) is 0. The summed E-state index contributed by atoms with van der Waals surface area (Å²) in [6.45, 7) is 0. The number of carbonyl (C=O) groups is 1. The lowest BCUT2D eigenvalue weighted by Crippen LogP contribution is -2.19. The minimum Gasteiger partial charge on any atom is -0.463 e. The van der Waals surface area contributed by atoms with Crippen LogP contribution in [0.3, 0.4) is 0 Å². The topological polar surface area (TPSA) is 66.4 Å². The molecule has 0 bridgehead atoms. The molecule has 0 saturated heterocycles. The quantitative estimate of drug-likeness (QED) is 0.841. The first-order valence-corrected chi connectivity index (χ1v) is 6.49. The van der Waals surface area contributed by atoms with Crippen molar-refractivity contribution in [2.24, 2.45) is 10.9 Å². The van der Waals surface area contributed by atoms with Crippen LogP contribution in [0.1, 0.15) is 10.6 Å². The third-order valence-electron chi connectivity index (χ3n) is 2.79. The Kier molecular flexibility index (Phi) is 2.86. The summed E-state index contributed by atoms with van der Waals surface area (Å²) in [5.74, 6) is -0.754. The summed E-state index contributed by atoms with van der Waals surface area (Å²) < 4.78 is 5.25. The number of hydrogen-bond acceptors (Lipinski definition) is 4. The minimum absolute atomic E-state index is 0.445. The van der Waals surface area contributed by atoms with Crippen LogP contribution >= 0.6 is 11.3 Å². The molecule has 0 spiro atoms. The smallest absolute Gasteiger partial charge is 0.268 e. The molecule has 2 aromatic rings. The van der Waals surface area contributed by atoms with Crippen molar-refractivity contribution >= 4 is 28.5 Å². The van der Waals surface area contributed by atoms with Gasteiger partial charge in [-0.1, -0.05) is 6.07 Å². The molecule has 0 radical (unpaired) electrons. The highest BCUT2D eigenvalue weighted by atomic mass is 32.1. The average Bonchev–Trinajstić information content (AvgIpc) is 3.11. The molecule has 0 aliphatic carbocycles.